The minimum absolute atomic E-state index is 0.0320. The zero-order valence-corrected chi connectivity index (χ0v) is 11.8. The smallest absolute Gasteiger partial charge is 0.322 e. The molecule has 1 N–H and O–H groups in total. The molecular weight excluding hydrogens is 242 g/mol. The molecule has 4 nitrogen and oxygen atoms in total. The normalized spacial score (nSPS) is 24.2. The van der Waals surface area contributed by atoms with Crippen molar-refractivity contribution in [2.45, 2.75) is 44.9 Å². The van der Waals surface area contributed by atoms with E-state index in [0.29, 0.717) is 5.92 Å². The highest BCUT2D eigenvalue weighted by atomic mass is 16.5. The van der Waals surface area contributed by atoms with E-state index in [4.69, 9.17) is 9.47 Å². The predicted molar refractivity (Wildman–Crippen MR) is 73.3 cm³/mol. The molecule has 1 aromatic rings. The minimum atomic E-state index is -0.334. The van der Waals surface area contributed by atoms with Gasteiger partial charge in [0.1, 0.15) is 17.9 Å². The van der Waals surface area contributed by atoms with Crippen LogP contribution in [0.2, 0.25) is 0 Å². The number of rotatable bonds is 4. The van der Waals surface area contributed by atoms with Crippen molar-refractivity contribution < 1.29 is 14.3 Å². The number of nitrogens with one attached hydrogen (secondary N) is 1. The SMILES string of the molecule is COC(=O)[C@H](C)N[C@H](C)[C@@H]1Oc2ccccc2[C@H]1C. The van der Waals surface area contributed by atoms with Gasteiger partial charge in [-0.1, -0.05) is 25.1 Å². The molecule has 19 heavy (non-hydrogen) atoms. The highest BCUT2D eigenvalue weighted by Gasteiger charge is 2.35. The molecule has 0 radical (unpaired) electrons. The number of fused-ring (bicyclic) bond motifs is 1. The van der Waals surface area contributed by atoms with Crippen LogP contribution >= 0.6 is 0 Å². The predicted octanol–water partition coefficient (Wildman–Crippen LogP) is 2.09. The number of hydrogen-bond donors (Lipinski definition) is 1. The maximum absolute atomic E-state index is 11.4. The van der Waals surface area contributed by atoms with Crippen molar-refractivity contribution in [3.05, 3.63) is 29.8 Å². The molecule has 4 atom stereocenters. The van der Waals surface area contributed by atoms with E-state index in [2.05, 4.69) is 18.3 Å². The molecule has 0 saturated carbocycles. The van der Waals surface area contributed by atoms with Gasteiger partial charge in [0.05, 0.1) is 7.11 Å². The van der Waals surface area contributed by atoms with Crippen molar-refractivity contribution in [1.82, 2.24) is 5.32 Å². The number of esters is 1. The first-order valence-corrected chi connectivity index (χ1v) is 6.64. The molecule has 0 spiro atoms. The van der Waals surface area contributed by atoms with Crippen LogP contribution < -0.4 is 10.1 Å². The van der Waals surface area contributed by atoms with Gasteiger partial charge in [0.15, 0.2) is 0 Å². The third kappa shape index (κ3) is 2.73. The Bertz CT molecular complexity index is 460. The van der Waals surface area contributed by atoms with E-state index in [-0.39, 0.29) is 24.2 Å². The fourth-order valence-corrected chi connectivity index (χ4v) is 2.66. The number of hydrogen-bond acceptors (Lipinski definition) is 4. The molecule has 1 aliphatic rings. The van der Waals surface area contributed by atoms with Crippen LogP contribution in [0.3, 0.4) is 0 Å². The van der Waals surface area contributed by atoms with Gasteiger partial charge in [-0.25, -0.2) is 0 Å². The molecule has 0 aliphatic carbocycles. The molecule has 0 aromatic heterocycles. The lowest BCUT2D eigenvalue weighted by Gasteiger charge is -2.26. The minimum Gasteiger partial charge on any atom is -0.488 e. The van der Waals surface area contributed by atoms with E-state index in [1.165, 1.54) is 12.7 Å². The van der Waals surface area contributed by atoms with Gasteiger partial charge in [-0.15, -0.1) is 0 Å². The summed E-state index contributed by atoms with van der Waals surface area (Å²) in [5, 5.41) is 3.24. The number of carbonyl (C=O) groups excluding carboxylic acids is 1. The van der Waals surface area contributed by atoms with E-state index < -0.39 is 0 Å². The quantitative estimate of drug-likeness (QED) is 0.845. The van der Waals surface area contributed by atoms with Crippen LogP contribution in [0.25, 0.3) is 0 Å². The summed E-state index contributed by atoms with van der Waals surface area (Å²) in [5.74, 6) is 0.998. The van der Waals surface area contributed by atoms with Crippen LogP contribution in [0.15, 0.2) is 24.3 Å². The molecule has 0 unspecified atom stereocenters. The topological polar surface area (TPSA) is 47.6 Å². The summed E-state index contributed by atoms with van der Waals surface area (Å²) in [6.07, 6.45) is 0.0320. The molecule has 0 bridgehead atoms. The van der Waals surface area contributed by atoms with Gasteiger partial charge in [0.25, 0.3) is 0 Å². The number of carbonyl (C=O) groups is 1. The lowest BCUT2D eigenvalue weighted by molar-refractivity contribution is -0.143. The highest BCUT2D eigenvalue weighted by molar-refractivity contribution is 5.75. The molecule has 104 valence electrons. The van der Waals surface area contributed by atoms with Crippen LogP contribution in [0.4, 0.5) is 0 Å². The van der Waals surface area contributed by atoms with Crippen LogP contribution in [0.1, 0.15) is 32.3 Å². The second kappa shape index (κ2) is 5.61. The molecular formula is C15H21NO3. The van der Waals surface area contributed by atoms with Crippen LogP contribution in [-0.4, -0.2) is 31.3 Å². The molecule has 4 heteroatoms. The van der Waals surface area contributed by atoms with Crippen LogP contribution in [0, 0.1) is 0 Å². The van der Waals surface area contributed by atoms with Gasteiger partial charge < -0.3 is 9.47 Å². The van der Waals surface area contributed by atoms with E-state index >= 15 is 0 Å². The first-order valence-electron chi connectivity index (χ1n) is 6.64. The molecule has 1 heterocycles. The largest absolute Gasteiger partial charge is 0.488 e. The first-order chi connectivity index (χ1) is 9.04. The fraction of sp³-hybridized carbons (Fsp3) is 0.533. The third-order valence-corrected chi connectivity index (χ3v) is 3.73. The zero-order chi connectivity index (χ0) is 14.0. The van der Waals surface area contributed by atoms with Gasteiger partial charge >= 0.3 is 5.97 Å². The molecule has 0 saturated heterocycles. The highest BCUT2D eigenvalue weighted by Crippen LogP contribution is 2.38. The summed E-state index contributed by atoms with van der Waals surface area (Å²) in [6.45, 7) is 5.99. The van der Waals surface area contributed by atoms with E-state index in [0.717, 1.165) is 5.75 Å². The lowest BCUT2D eigenvalue weighted by Crippen LogP contribution is -2.48. The number of ether oxygens (including phenoxy) is 2. The maximum Gasteiger partial charge on any atom is 0.322 e. The van der Waals surface area contributed by atoms with Gasteiger partial charge in [-0.3, -0.25) is 10.1 Å². The van der Waals surface area contributed by atoms with Crippen molar-refractivity contribution in [3.8, 4) is 5.75 Å². The maximum atomic E-state index is 11.4. The Morgan fingerprint density at radius 3 is 2.68 bits per heavy atom. The molecule has 2 rings (SSSR count). The third-order valence-electron chi connectivity index (χ3n) is 3.73. The van der Waals surface area contributed by atoms with Gasteiger partial charge in [-0.2, -0.15) is 0 Å². The van der Waals surface area contributed by atoms with Gasteiger partial charge in [-0.05, 0) is 19.9 Å². The molecule has 0 amide bonds. The molecule has 1 aliphatic heterocycles. The lowest BCUT2D eigenvalue weighted by atomic mass is 9.93. The van der Waals surface area contributed by atoms with Crippen LogP contribution in [-0.2, 0) is 9.53 Å². The molecule has 1 aromatic carbocycles. The summed E-state index contributed by atoms with van der Waals surface area (Å²) in [6, 6.07) is 7.81. The Morgan fingerprint density at radius 1 is 1.37 bits per heavy atom. The summed E-state index contributed by atoms with van der Waals surface area (Å²) in [4.78, 5) is 11.4. The van der Waals surface area contributed by atoms with Crippen LogP contribution in [0.5, 0.6) is 5.75 Å². The Hall–Kier alpha value is -1.55. The van der Waals surface area contributed by atoms with Crippen molar-refractivity contribution in [2.75, 3.05) is 7.11 Å². The second-order valence-corrected chi connectivity index (χ2v) is 5.11. The summed E-state index contributed by atoms with van der Waals surface area (Å²) in [7, 11) is 1.40. The summed E-state index contributed by atoms with van der Waals surface area (Å²) in [5.41, 5.74) is 1.23. The van der Waals surface area contributed by atoms with E-state index in [1.54, 1.807) is 6.92 Å². The molecule has 0 fully saturated rings. The van der Waals surface area contributed by atoms with Crippen molar-refractivity contribution >= 4 is 5.97 Å². The fourth-order valence-electron chi connectivity index (χ4n) is 2.66. The second-order valence-electron chi connectivity index (χ2n) is 5.11. The number of para-hydroxylation sites is 1. The average Bonchev–Trinajstić information content (AvgIpc) is 2.75. The zero-order valence-electron chi connectivity index (χ0n) is 11.8. The Kier molecular flexibility index (Phi) is 4.10. The van der Waals surface area contributed by atoms with Gasteiger partial charge in [0.2, 0.25) is 0 Å². The van der Waals surface area contributed by atoms with E-state index in [9.17, 15) is 4.79 Å². The van der Waals surface area contributed by atoms with E-state index in [1.807, 2.05) is 25.1 Å². The standard InChI is InChI=1S/C15H21NO3/c1-9-12-7-5-6-8-13(12)19-14(9)10(2)16-11(3)15(17)18-4/h5-11,14,16H,1-4H3/t9-,10-,11+,14-/m1/s1. The summed E-state index contributed by atoms with van der Waals surface area (Å²) >= 11 is 0. The summed E-state index contributed by atoms with van der Waals surface area (Å²) < 4.78 is 10.7. The first kappa shape index (κ1) is 13.9. The number of methoxy groups -OCH3 is 1. The van der Waals surface area contributed by atoms with Crippen molar-refractivity contribution in [3.63, 3.8) is 0 Å². The van der Waals surface area contributed by atoms with Gasteiger partial charge in [0, 0.05) is 17.5 Å². The Labute approximate surface area is 114 Å². The number of benzene rings is 1. The monoisotopic (exact) mass is 263 g/mol. The van der Waals surface area contributed by atoms with Crippen molar-refractivity contribution in [2.24, 2.45) is 0 Å². The average molecular weight is 263 g/mol. The Morgan fingerprint density at radius 2 is 2.05 bits per heavy atom. The van der Waals surface area contributed by atoms with Crippen molar-refractivity contribution in [1.29, 1.82) is 0 Å². The Balaban J connectivity index is 2.03.